The van der Waals surface area contributed by atoms with E-state index in [0.717, 1.165) is 11.3 Å². The summed E-state index contributed by atoms with van der Waals surface area (Å²) in [6.07, 6.45) is 5.01. The number of ketones is 1. The molecule has 0 N–H and O–H groups in total. The number of allylic oxidation sites excluding steroid dienone is 1. The molecule has 0 saturated heterocycles. The van der Waals surface area contributed by atoms with E-state index in [1.165, 1.54) is 0 Å². The van der Waals surface area contributed by atoms with Gasteiger partial charge in [-0.05, 0) is 48.0 Å². The quantitative estimate of drug-likeness (QED) is 0.435. The summed E-state index contributed by atoms with van der Waals surface area (Å²) in [6, 6.07) is 14.3. The lowest BCUT2D eigenvalue weighted by atomic mass is 10.1. The molecule has 0 bridgehead atoms. The summed E-state index contributed by atoms with van der Waals surface area (Å²) in [5.74, 6) is 0.717. The normalized spacial score (nSPS) is 10.5. The number of hydrogen-bond donors (Lipinski definition) is 0. The highest BCUT2D eigenvalue weighted by Gasteiger charge is 2.01. The second-order valence-electron chi connectivity index (χ2n) is 4.37. The van der Waals surface area contributed by atoms with E-state index in [1.807, 2.05) is 24.3 Å². The van der Waals surface area contributed by atoms with Crippen molar-refractivity contribution in [2.24, 2.45) is 0 Å². The summed E-state index contributed by atoms with van der Waals surface area (Å²) in [5.41, 5.74) is 1.55. The highest BCUT2D eigenvalue weighted by Crippen LogP contribution is 2.14. The maximum atomic E-state index is 12.0. The van der Waals surface area contributed by atoms with Gasteiger partial charge in [0, 0.05) is 10.6 Å². The standard InChI is InChI=1S/C18H15ClO2/c1-2-13-21-17-10-3-14(4-11-17)5-12-18(20)15-6-8-16(19)9-7-15/h2-12H,1,13H2/b12-5+. The first-order valence-corrected chi connectivity index (χ1v) is 6.88. The van der Waals surface area contributed by atoms with Gasteiger partial charge in [-0.2, -0.15) is 0 Å². The van der Waals surface area contributed by atoms with Crippen LogP contribution in [0.1, 0.15) is 15.9 Å². The second-order valence-corrected chi connectivity index (χ2v) is 4.81. The van der Waals surface area contributed by atoms with Crippen LogP contribution in [0.15, 0.2) is 67.3 Å². The molecule has 2 nitrogen and oxygen atoms in total. The van der Waals surface area contributed by atoms with E-state index < -0.39 is 0 Å². The predicted octanol–water partition coefficient (Wildman–Crippen LogP) is 4.80. The Kier molecular flexibility index (Phi) is 5.35. The molecule has 3 heteroatoms. The zero-order chi connectivity index (χ0) is 15.1. The fraction of sp³-hybridized carbons (Fsp3) is 0.0556. The molecule has 106 valence electrons. The molecular weight excluding hydrogens is 284 g/mol. The Bertz CT molecular complexity index is 640. The third-order valence-electron chi connectivity index (χ3n) is 2.80. The fourth-order valence-corrected chi connectivity index (χ4v) is 1.84. The molecule has 0 amide bonds. The summed E-state index contributed by atoms with van der Waals surface area (Å²) < 4.78 is 5.39. The van der Waals surface area contributed by atoms with Crippen molar-refractivity contribution in [3.8, 4) is 5.75 Å². The van der Waals surface area contributed by atoms with Crippen LogP contribution in [-0.4, -0.2) is 12.4 Å². The minimum absolute atomic E-state index is 0.0568. The van der Waals surface area contributed by atoms with Crippen LogP contribution in [0.25, 0.3) is 6.08 Å². The van der Waals surface area contributed by atoms with Crippen LogP contribution in [0, 0.1) is 0 Å². The SMILES string of the molecule is C=CCOc1ccc(/C=C/C(=O)c2ccc(Cl)cc2)cc1. The Hall–Kier alpha value is -2.32. The molecule has 0 aromatic heterocycles. The van der Waals surface area contributed by atoms with E-state index in [9.17, 15) is 4.79 Å². The average molecular weight is 299 g/mol. The first kappa shape index (κ1) is 15.1. The summed E-state index contributed by atoms with van der Waals surface area (Å²) in [7, 11) is 0. The molecule has 2 aromatic carbocycles. The van der Waals surface area contributed by atoms with Crippen molar-refractivity contribution >= 4 is 23.5 Å². The molecule has 0 aliphatic carbocycles. The van der Waals surface area contributed by atoms with Gasteiger partial charge in [-0.25, -0.2) is 0 Å². The second kappa shape index (κ2) is 7.46. The van der Waals surface area contributed by atoms with Crippen LogP contribution >= 0.6 is 11.6 Å². The third kappa shape index (κ3) is 4.62. The average Bonchev–Trinajstić information content (AvgIpc) is 2.52. The lowest BCUT2D eigenvalue weighted by molar-refractivity contribution is 0.104. The minimum Gasteiger partial charge on any atom is -0.490 e. The van der Waals surface area contributed by atoms with Crippen molar-refractivity contribution in [2.45, 2.75) is 0 Å². The van der Waals surface area contributed by atoms with Crippen molar-refractivity contribution < 1.29 is 9.53 Å². The Morgan fingerprint density at radius 3 is 2.38 bits per heavy atom. The zero-order valence-corrected chi connectivity index (χ0v) is 12.2. The van der Waals surface area contributed by atoms with Crippen LogP contribution in [0.2, 0.25) is 5.02 Å². The van der Waals surface area contributed by atoms with Gasteiger partial charge in [0.15, 0.2) is 5.78 Å². The molecule has 2 rings (SSSR count). The first-order chi connectivity index (χ1) is 10.2. The van der Waals surface area contributed by atoms with Gasteiger partial charge < -0.3 is 4.74 Å². The van der Waals surface area contributed by atoms with Crippen LogP contribution in [-0.2, 0) is 0 Å². The number of benzene rings is 2. The van der Waals surface area contributed by atoms with Gasteiger partial charge in [0.25, 0.3) is 0 Å². The Morgan fingerprint density at radius 2 is 1.76 bits per heavy atom. The van der Waals surface area contributed by atoms with E-state index in [4.69, 9.17) is 16.3 Å². The number of carbonyl (C=O) groups excluding carboxylic acids is 1. The van der Waals surface area contributed by atoms with E-state index in [-0.39, 0.29) is 5.78 Å². The fourth-order valence-electron chi connectivity index (χ4n) is 1.71. The molecule has 0 aliphatic rings. The van der Waals surface area contributed by atoms with Gasteiger partial charge in [0.05, 0.1) is 0 Å². The minimum atomic E-state index is -0.0568. The van der Waals surface area contributed by atoms with E-state index >= 15 is 0 Å². The molecule has 0 saturated carbocycles. The summed E-state index contributed by atoms with van der Waals surface area (Å²) in [6.45, 7) is 4.07. The van der Waals surface area contributed by atoms with Gasteiger partial charge in [0.1, 0.15) is 12.4 Å². The Morgan fingerprint density at radius 1 is 1.10 bits per heavy atom. The zero-order valence-electron chi connectivity index (χ0n) is 11.5. The highest BCUT2D eigenvalue weighted by molar-refractivity contribution is 6.30. The molecule has 0 fully saturated rings. The molecular formula is C18H15ClO2. The monoisotopic (exact) mass is 298 g/mol. The Balaban J connectivity index is 2.01. The molecule has 2 aromatic rings. The lowest BCUT2D eigenvalue weighted by Gasteiger charge is -2.02. The van der Waals surface area contributed by atoms with Gasteiger partial charge >= 0.3 is 0 Å². The van der Waals surface area contributed by atoms with Crippen molar-refractivity contribution in [2.75, 3.05) is 6.61 Å². The van der Waals surface area contributed by atoms with Crippen molar-refractivity contribution in [3.63, 3.8) is 0 Å². The van der Waals surface area contributed by atoms with Crippen LogP contribution < -0.4 is 4.74 Å². The van der Waals surface area contributed by atoms with Crippen LogP contribution in [0.4, 0.5) is 0 Å². The van der Waals surface area contributed by atoms with E-state index in [0.29, 0.717) is 17.2 Å². The molecule has 0 radical (unpaired) electrons. The predicted molar refractivity (Wildman–Crippen MR) is 87.0 cm³/mol. The van der Waals surface area contributed by atoms with Gasteiger partial charge in [-0.15, -0.1) is 0 Å². The van der Waals surface area contributed by atoms with Gasteiger partial charge in [0.2, 0.25) is 0 Å². The largest absolute Gasteiger partial charge is 0.490 e. The molecule has 0 aliphatic heterocycles. The topological polar surface area (TPSA) is 26.3 Å². The summed E-state index contributed by atoms with van der Waals surface area (Å²) in [5, 5.41) is 0.616. The smallest absolute Gasteiger partial charge is 0.185 e. The molecule has 0 atom stereocenters. The number of halogens is 1. The maximum absolute atomic E-state index is 12.0. The molecule has 0 spiro atoms. The maximum Gasteiger partial charge on any atom is 0.185 e. The molecule has 0 unspecified atom stereocenters. The van der Waals surface area contributed by atoms with Crippen LogP contribution in [0.3, 0.4) is 0 Å². The summed E-state index contributed by atoms with van der Waals surface area (Å²) in [4.78, 5) is 12.0. The van der Waals surface area contributed by atoms with Gasteiger partial charge in [-0.3, -0.25) is 4.79 Å². The van der Waals surface area contributed by atoms with Crippen molar-refractivity contribution in [3.05, 3.63) is 83.4 Å². The van der Waals surface area contributed by atoms with Crippen molar-refractivity contribution in [1.29, 1.82) is 0 Å². The van der Waals surface area contributed by atoms with E-state index in [1.54, 1.807) is 42.5 Å². The highest BCUT2D eigenvalue weighted by atomic mass is 35.5. The number of ether oxygens (including phenoxy) is 1. The third-order valence-corrected chi connectivity index (χ3v) is 3.06. The number of carbonyl (C=O) groups is 1. The molecule has 21 heavy (non-hydrogen) atoms. The van der Waals surface area contributed by atoms with Crippen LogP contribution in [0.5, 0.6) is 5.75 Å². The van der Waals surface area contributed by atoms with E-state index in [2.05, 4.69) is 6.58 Å². The number of hydrogen-bond acceptors (Lipinski definition) is 2. The van der Waals surface area contributed by atoms with Crippen molar-refractivity contribution in [1.82, 2.24) is 0 Å². The first-order valence-electron chi connectivity index (χ1n) is 6.51. The summed E-state index contributed by atoms with van der Waals surface area (Å²) >= 11 is 5.79. The lowest BCUT2D eigenvalue weighted by Crippen LogP contribution is -1.93. The molecule has 0 heterocycles. The Labute approximate surface area is 129 Å². The van der Waals surface area contributed by atoms with Gasteiger partial charge in [-0.1, -0.05) is 42.5 Å². The number of rotatable bonds is 6.